The lowest BCUT2D eigenvalue weighted by Gasteiger charge is -2.16. The highest BCUT2D eigenvalue weighted by Crippen LogP contribution is 2.33. The zero-order valence-electron chi connectivity index (χ0n) is 13.7. The molecule has 1 aliphatic carbocycles. The SMILES string of the molecule is CCNc1ccc(CN)c(-c2cc(NC3CC3)ccc2CN)c1. The van der Waals surface area contributed by atoms with Gasteiger partial charge in [-0.15, -0.1) is 0 Å². The summed E-state index contributed by atoms with van der Waals surface area (Å²) < 4.78 is 0. The molecule has 4 nitrogen and oxygen atoms in total. The number of hydrogen-bond donors (Lipinski definition) is 4. The van der Waals surface area contributed by atoms with E-state index in [1.807, 2.05) is 0 Å². The summed E-state index contributed by atoms with van der Waals surface area (Å²) >= 11 is 0. The van der Waals surface area contributed by atoms with Crippen LogP contribution in [0.5, 0.6) is 0 Å². The fourth-order valence-corrected chi connectivity index (χ4v) is 2.88. The van der Waals surface area contributed by atoms with Gasteiger partial charge in [0.1, 0.15) is 0 Å². The van der Waals surface area contributed by atoms with E-state index in [-0.39, 0.29) is 0 Å². The molecule has 1 saturated carbocycles. The van der Waals surface area contributed by atoms with Crippen LogP contribution in [0.15, 0.2) is 36.4 Å². The van der Waals surface area contributed by atoms with Crippen molar-refractivity contribution in [1.29, 1.82) is 0 Å². The summed E-state index contributed by atoms with van der Waals surface area (Å²) in [6.07, 6.45) is 2.52. The summed E-state index contributed by atoms with van der Waals surface area (Å²) in [5.74, 6) is 0. The van der Waals surface area contributed by atoms with Crippen molar-refractivity contribution in [3.05, 3.63) is 47.5 Å². The average molecular weight is 310 g/mol. The van der Waals surface area contributed by atoms with Gasteiger partial charge in [-0.1, -0.05) is 12.1 Å². The van der Waals surface area contributed by atoms with Crippen molar-refractivity contribution in [1.82, 2.24) is 0 Å². The Morgan fingerprint density at radius 3 is 2.00 bits per heavy atom. The third-order valence-corrected chi connectivity index (χ3v) is 4.28. The van der Waals surface area contributed by atoms with Crippen LogP contribution >= 0.6 is 0 Å². The number of nitrogens with two attached hydrogens (primary N) is 2. The van der Waals surface area contributed by atoms with Gasteiger partial charge in [0.05, 0.1) is 0 Å². The maximum atomic E-state index is 5.97. The van der Waals surface area contributed by atoms with Gasteiger partial charge in [-0.05, 0) is 66.3 Å². The van der Waals surface area contributed by atoms with E-state index in [2.05, 4.69) is 54.0 Å². The van der Waals surface area contributed by atoms with Gasteiger partial charge < -0.3 is 22.1 Å². The minimum absolute atomic E-state index is 0.520. The van der Waals surface area contributed by atoms with E-state index in [1.54, 1.807) is 0 Å². The fourth-order valence-electron chi connectivity index (χ4n) is 2.88. The third-order valence-electron chi connectivity index (χ3n) is 4.28. The summed E-state index contributed by atoms with van der Waals surface area (Å²) in [6, 6.07) is 13.5. The van der Waals surface area contributed by atoms with Gasteiger partial charge in [0, 0.05) is 37.1 Å². The molecule has 0 aliphatic heterocycles. The molecule has 0 saturated heterocycles. The van der Waals surface area contributed by atoms with Crippen molar-refractivity contribution >= 4 is 11.4 Å². The molecule has 0 bridgehead atoms. The zero-order chi connectivity index (χ0) is 16.2. The van der Waals surface area contributed by atoms with Crippen LogP contribution in [-0.4, -0.2) is 12.6 Å². The molecule has 1 fully saturated rings. The van der Waals surface area contributed by atoms with Crippen LogP contribution in [0.1, 0.15) is 30.9 Å². The summed E-state index contributed by atoms with van der Waals surface area (Å²) in [6.45, 7) is 4.04. The van der Waals surface area contributed by atoms with E-state index in [0.717, 1.165) is 29.0 Å². The van der Waals surface area contributed by atoms with Crippen LogP contribution in [0.2, 0.25) is 0 Å². The topological polar surface area (TPSA) is 76.1 Å². The van der Waals surface area contributed by atoms with Gasteiger partial charge in [-0.25, -0.2) is 0 Å². The first-order chi connectivity index (χ1) is 11.2. The van der Waals surface area contributed by atoms with Gasteiger partial charge >= 0.3 is 0 Å². The monoisotopic (exact) mass is 310 g/mol. The van der Waals surface area contributed by atoms with Crippen LogP contribution in [0.3, 0.4) is 0 Å². The molecule has 0 heterocycles. The molecular weight excluding hydrogens is 284 g/mol. The van der Waals surface area contributed by atoms with Gasteiger partial charge in [0.2, 0.25) is 0 Å². The quantitative estimate of drug-likeness (QED) is 0.633. The van der Waals surface area contributed by atoms with Crippen molar-refractivity contribution in [2.75, 3.05) is 17.2 Å². The number of nitrogens with one attached hydrogen (secondary N) is 2. The van der Waals surface area contributed by atoms with Crippen LogP contribution in [0, 0.1) is 0 Å². The van der Waals surface area contributed by atoms with Gasteiger partial charge in [0.15, 0.2) is 0 Å². The molecular formula is C19H26N4. The van der Waals surface area contributed by atoms with Gasteiger partial charge in [-0.2, -0.15) is 0 Å². The van der Waals surface area contributed by atoms with Gasteiger partial charge in [-0.3, -0.25) is 0 Å². The normalized spacial score (nSPS) is 13.9. The highest BCUT2D eigenvalue weighted by atomic mass is 14.9. The summed E-state index contributed by atoms with van der Waals surface area (Å²) in [5.41, 5.74) is 18.9. The lowest BCUT2D eigenvalue weighted by atomic mass is 9.94. The lowest BCUT2D eigenvalue weighted by molar-refractivity contribution is 1.05. The molecule has 6 N–H and O–H groups in total. The van der Waals surface area contributed by atoms with Crippen LogP contribution in [0.4, 0.5) is 11.4 Å². The average Bonchev–Trinajstić information content (AvgIpc) is 3.39. The zero-order valence-corrected chi connectivity index (χ0v) is 13.7. The first-order valence-electron chi connectivity index (χ1n) is 8.42. The molecule has 3 rings (SSSR count). The predicted molar refractivity (Wildman–Crippen MR) is 98.5 cm³/mol. The van der Waals surface area contributed by atoms with E-state index in [1.165, 1.54) is 24.0 Å². The Labute approximate surface area is 138 Å². The number of hydrogen-bond acceptors (Lipinski definition) is 4. The summed E-state index contributed by atoms with van der Waals surface area (Å²) in [5, 5.41) is 6.94. The predicted octanol–water partition coefficient (Wildman–Crippen LogP) is 3.28. The molecule has 0 atom stereocenters. The Morgan fingerprint density at radius 1 is 0.913 bits per heavy atom. The fraction of sp³-hybridized carbons (Fsp3) is 0.368. The Balaban J connectivity index is 2.05. The molecule has 0 radical (unpaired) electrons. The smallest absolute Gasteiger partial charge is 0.0348 e. The van der Waals surface area contributed by atoms with E-state index < -0.39 is 0 Å². The van der Waals surface area contributed by atoms with Crippen molar-refractivity contribution < 1.29 is 0 Å². The van der Waals surface area contributed by atoms with Crippen LogP contribution < -0.4 is 22.1 Å². The summed E-state index contributed by atoms with van der Waals surface area (Å²) in [4.78, 5) is 0. The molecule has 2 aromatic rings. The second-order valence-corrected chi connectivity index (χ2v) is 6.10. The van der Waals surface area contributed by atoms with Crippen LogP contribution in [-0.2, 0) is 13.1 Å². The standard InChI is InChI=1S/C19H26N4/c1-2-22-16-5-3-13(11-20)18(9-16)19-10-17(23-15-7-8-15)6-4-14(19)12-21/h3-6,9-10,15,22-23H,2,7-8,11-12,20-21H2,1H3. The molecule has 0 unspecified atom stereocenters. The second-order valence-electron chi connectivity index (χ2n) is 6.10. The molecule has 0 spiro atoms. The Morgan fingerprint density at radius 2 is 1.48 bits per heavy atom. The second kappa shape index (κ2) is 7.02. The number of benzene rings is 2. The first kappa shape index (κ1) is 15.8. The van der Waals surface area contributed by atoms with Crippen molar-refractivity contribution in [2.24, 2.45) is 11.5 Å². The Hall–Kier alpha value is -2.04. The van der Waals surface area contributed by atoms with Gasteiger partial charge in [0.25, 0.3) is 0 Å². The largest absolute Gasteiger partial charge is 0.385 e. The van der Waals surface area contributed by atoms with E-state index in [9.17, 15) is 0 Å². The molecule has 4 heteroatoms. The molecule has 0 amide bonds. The van der Waals surface area contributed by atoms with Crippen molar-refractivity contribution in [3.63, 3.8) is 0 Å². The van der Waals surface area contributed by atoms with Crippen molar-refractivity contribution in [2.45, 2.75) is 38.9 Å². The molecule has 122 valence electrons. The van der Waals surface area contributed by atoms with Crippen molar-refractivity contribution in [3.8, 4) is 11.1 Å². The molecule has 0 aromatic heterocycles. The number of anilines is 2. The van der Waals surface area contributed by atoms with Crippen LogP contribution in [0.25, 0.3) is 11.1 Å². The maximum absolute atomic E-state index is 5.97. The highest BCUT2D eigenvalue weighted by molar-refractivity contribution is 5.77. The number of rotatable bonds is 7. The van der Waals surface area contributed by atoms with E-state index in [4.69, 9.17) is 11.5 Å². The lowest BCUT2D eigenvalue weighted by Crippen LogP contribution is -2.06. The Kier molecular flexibility index (Phi) is 4.84. The first-order valence-corrected chi connectivity index (χ1v) is 8.42. The third kappa shape index (κ3) is 3.66. The molecule has 1 aliphatic rings. The van der Waals surface area contributed by atoms with E-state index in [0.29, 0.717) is 19.1 Å². The Bertz CT molecular complexity index is 677. The van der Waals surface area contributed by atoms with E-state index >= 15 is 0 Å². The molecule has 23 heavy (non-hydrogen) atoms. The highest BCUT2D eigenvalue weighted by Gasteiger charge is 2.21. The summed E-state index contributed by atoms with van der Waals surface area (Å²) in [7, 11) is 0. The minimum atomic E-state index is 0.520. The maximum Gasteiger partial charge on any atom is 0.0348 e. The minimum Gasteiger partial charge on any atom is -0.385 e. The molecule has 2 aromatic carbocycles.